The van der Waals surface area contributed by atoms with E-state index in [0.29, 0.717) is 21.7 Å². The Hall–Kier alpha value is -2.80. The van der Waals surface area contributed by atoms with E-state index in [2.05, 4.69) is 4.98 Å². The summed E-state index contributed by atoms with van der Waals surface area (Å²) in [7, 11) is 0. The van der Waals surface area contributed by atoms with Gasteiger partial charge in [-0.05, 0) is 41.5 Å². The van der Waals surface area contributed by atoms with Crippen LogP contribution >= 0.6 is 11.6 Å². The molecule has 0 radical (unpaired) electrons. The number of ketones is 1. The van der Waals surface area contributed by atoms with Crippen LogP contribution in [0.15, 0.2) is 59.3 Å². The second kappa shape index (κ2) is 7.84. The Balaban J connectivity index is 1.92. The van der Waals surface area contributed by atoms with Gasteiger partial charge in [0.15, 0.2) is 12.4 Å². The number of alkyl halides is 3. The van der Waals surface area contributed by atoms with Crippen LogP contribution in [0.3, 0.4) is 0 Å². The Bertz CT molecular complexity index is 922. The number of ether oxygens (including phenoxy) is 1. The summed E-state index contributed by atoms with van der Waals surface area (Å²) in [6.07, 6.45) is -1.81. The second-order valence-electron chi connectivity index (χ2n) is 5.68. The number of Topliss-reactive ketones (excluding diaryl/α,β-unsaturated/α-hetero) is 1. The Morgan fingerprint density at radius 1 is 1.19 bits per heavy atom. The van der Waals surface area contributed by atoms with Crippen molar-refractivity contribution in [2.24, 2.45) is 0 Å². The molecular weight excluding hydrogens is 383 g/mol. The van der Waals surface area contributed by atoms with E-state index >= 15 is 0 Å². The summed E-state index contributed by atoms with van der Waals surface area (Å²) >= 11 is 5.87. The van der Waals surface area contributed by atoms with Crippen LogP contribution in [0.25, 0.3) is 11.1 Å². The van der Waals surface area contributed by atoms with E-state index < -0.39 is 12.8 Å². The topological polar surface area (TPSA) is 52.3 Å². The maximum atomic E-state index is 12.5. The molecule has 3 aromatic rings. The molecule has 0 fully saturated rings. The maximum absolute atomic E-state index is 12.5. The van der Waals surface area contributed by atoms with E-state index in [9.17, 15) is 18.0 Å². The highest BCUT2D eigenvalue weighted by Gasteiger charge is 2.29. The van der Waals surface area contributed by atoms with Gasteiger partial charge in [0.1, 0.15) is 0 Å². The Kier molecular flexibility index (Phi) is 5.51. The summed E-state index contributed by atoms with van der Waals surface area (Å²) < 4.78 is 47.4. The average molecular weight is 396 g/mol. The molecule has 8 heteroatoms. The average Bonchev–Trinajstić information content (AvgIpc) is 3.15. The van der Waals surface area contributed by atoms with Gasteiger partial charge in [0.25, 0.3) is 0 Å². The number of carbonyl (C=O) groups is 1. The SMILES string of the molecule is O=C(Cc1cnc(OCC(F)(F)F)c(-c2ccc(Cl)cc2)c1)c1ccco1. The zero-order valence-corrected chi connectivity index (χ0v) is 14.6. The molecule has 0 bridgehead atoms. The highest BCUT2D eigenvalue weighted by atomic mass is 35.5. The number of pyridine rings is 1. The van der Waals surface area contributed by atoms with Crippen molar-refractivity contribution in [3.8, 4) is 17.0 Å². The number of furan rings is 1. The highest BCUT2D eigenvalue weighted by molar-refractivity contribution is 6.30. The van der Waals surface area contributed by atoms with Crippen LogP contribution < -0.4 is 4.74 Å². The lowest BCUT2D eigenvalue weighted by Crippen LogP contribution is -2.20. The van der Waals surface area contributed by atoms with Gasteiger partial charge in [0.05, 0.1) is 6.26 Å². The molecule has 0 atom stereocenters. The Morgan fingerprint density at radius 3 is 2.56 bits per heavy atom. The van der Waals surface area contributed by atoms with Crippen LogP contribution in [0.4, 0.5) is 13.2 Å². The molecule has 0 amide bonds. The molecule has 4 nitrogen and oxygen atoms in total. The van der Waals surface area contributed by atoms with Crippen LogP contribution in [-0.4, -0.2) is 23.6 Å². The van der Waals surface area contributed by atoms with E-state index in [4.69, 9.17) is 20.8 Å². The summed E-state index contributed by atoms with van der Waals surface area (Å²) in [5.41, 5.74) is 1.41. The third-order valence-electron chi connectivity index (χ3n) is 3.60. The lowest BCUT2D eigenvalue weighted by Gasteiger charge is -2.13. The van der Waals surface area contributed by atoms with E-state index in [0.717, 1.165) is 0 Å². The smallest absolute Gasteiger partial charge is 0.422 e. The molecule has 27 heavy (non-hydrogen) atoms. The fraction of sp³-hybridized carbons (Fsp3) is 0.158. The lowest BCUT2D eigenvalue weighted by atomic mass is 10.0. The van der Waals surface area contributed by atoms with Crippen LogP contribution in [0.1, 0.15) is 16.1 Å². The van der Waals surface area contributed by atoms with Gasteiger partial charge in [-0.1, -0.05) is 23.7 Å². The van der Waals surface area contributed by atoms with Gasteiger partial charge in [-0.25, -0.2) is 4.98 Å². The van der Waals surface area contributed by atoms with Gasteiger partial charge < -0.3 is 9.15 Å². The normalized spacial score (nSPS) is 11.4. The highest BCUT2D eigenvalue weighted by Crippen LogP contribution is 2.31. The van der Waals surface area contributed by atoms with Crippen LogP contribution in [-0.2, 0) is 6.42 Å². The van der Waals surface area contributed by atoms with Crippen molar-refractivity contribution in [3.63, 3.8) is 0 Å². The number of hydrogen-bond donors (Lipinski definition) is 0. The van der Waals surface area contributed by atoms with E-state index in [1.54, 1.807) is 36.4 Å². The quantitative estimate of drug-likeness (QED) is 0.527. The standard InChI is InChI=1S/C19H13ClF3NO3/c20-14-5-3-13(4-6-14)15-8-12(9-16(25)17-2-1-7-26-17)10-24-18(15)27-11-19(21,22)23/h1-8,10H,9,11H2. The fourth-order valence-electron chi connectivity index (χ4n) is 2.40. The summed E-state index contributed by atoms with van der Waals surface area (Å²) in [5, 5.41) is 0.480. The lowest BCUT2D eigenvalue weighted by molar-refractivity contribution is -0.154. The summed E-state index contributed by atoms with van der Waals surface area (Å²) in [6.45, 7) is -1.47. The number of nitrogens with zero attached hydrogens (tertiary/aromatic N) is 1. The number of carbonyl (C=O) groups excluding carboxylic acids is 1. The first-order chi connectivity index (χ1) is 12.8. The molecule has 3 rings (SSSR count). The van der Waals surface area contributed by atoms with Crippen LogP contribution in [0.2, 0.25) is 5.02 Å². The zero-order chi connectivity index (χ0) is 19.4. The number of aromatic nitrogens is 1. The number of rotatable bonds is 6. The van der Waals surface area contributed by atoms with E-state index in [1.165, 1.54) is 18.5 Å². The zero-order valence-electron chi connectivity index (χ0n) is 13.8. The molecule has 2 aromatic heterocycles. The van der Waals surface area contributed by atoms with Crippen molar-refractivity contribution in [2.75, 3.05) is 6.61 Å². The van der Waals surface area contributed by atoms with E-state index in [-0.39, 0.29) is 23.8 Å². The largest absolute Gasteiger partial charge is 0.468 e. The number of benzene rings is 1. The van der Waals surface area contributed by atoms with Crippen molar-refractivity contribution in [1.82, 2.24) is 4.98 Å². The summed E-state index contributed by atoms with van der Waals surface area (Å²) in [5.74, 6) is -0.253. The van der Waals surface area contributed by atoms with Crippen molar-refractivity contribution in [1.29, 1.82) is 0 Å². The summed E-state index contributed by atoms with van der Waals surface area (Å²) in [4.78, 5) is 16.2. The minimum absolute atomic E-state index is 0.0132. The number of hydrogen-bond acceptors (Lipinski definition) is 4. The molecule has 140 valence electrons. The van der Waals surface area contributed by atoms with Gasteiger partial charge >= 0.3 is 6.18 Å². The molecule has 0 aliphatic heterocycles. The molecule has 2 heterocycles. The van der Waals surface area contributed by atoms with Crippen molar-refractivity contribution >= 4 is 17.4 Å². The minimum atomic E-state index is -4.49. The van der Waals surface area contributed by atoms with Gasteiger partial charge in [-0.15, -0.1) is 0 Å². The van der Waals surface area contributed by atoms with E-state index in [1.807, 2.05) is 0 Å². The van der Waals surface area contributed by atoms with Crippen LogP contribution in [0, 0.1) is 0 Å². The predicted molar refractivity (Wildman–Crippen MR) is 93.0 cm³/mol. The first-order valence-corrected chi connectivity index (χ1v) is 8.21. The van der Waals surface area contributed by atoms with Gasteiger partial charge in [0.2, 0.25) is 11.7 Å². The molecular formula is C19H13ClF3NO3. The maximum Gasteiger partial charge on any atom is 0.422 e. The van der Waals surface area contributed by atoms with Crippen molar-refractivity contribution < 1.29 is 27.1 Å². The third kappa shape index (κ3) is 5.10. The van der Waals surface area contributed by atoms with Gasteiger partial charge in [-0.3, -0.25) is 4.79 Å². The summed E-state index contributed by atoms with van der Waals surface area (Å²) in [6, 6.07) is 11.2. The van der Waals surface area contributed by atoms with Gasteiger partial charge in [0, 0.05) is 23.2 Å². The molecule has 0 spiro atoms. The molecule has 0 N–H and O–H groups in total. The predicted octanol–water partition coefficient (Wildman–Crippen LogP) is 5.36. The number of halogens is 4. The second-order valence-corrected chi connectivity index (χ2v) is 6.12. The van der Waals surface area contributed by atoms with Crippen molar-refractivity contribution in [3.05, 3.63) is 71.3 Å². The molecule has 1 aromatic carbocycles. The first-order valence-electron chi connectivity index (χ1n) is 7.83. The Morgan fingerprint density at radius 2 is 1.93 bits per heavy atom. The monoisotopic (exact) mass is 395 g/mol. The first kappa shape index (κ1) is 19.0. The third-order valence-corrected chi connectivity index (χ3v) is 3.85. The molecule has 0 aliphatic carbocycles. The molecule has 0 saturated heterocycles. The molecule has 0 unspecified atom stereocenters. The molecule has 0 saturated carbocycles. The fourth-order valence-corrected chi connectivity index (χ4v) is 2.53. The molecule has 0 aliphatic rings. The Labute approximate surface area is 157 Å². The van der Waals surface area contributed by atoms with Crippen molar-refractivity contribution in [2.45, 2.75) is 12.6 Å². The van der Waals surface area contributed by atoms with Crippen LogP contribution in [0.5, 0.6) is 5.88 Å². The minimum Gasteiger partial charge on any atom is -0.468 e. The van der Waals surface area contributed by atoms with Gasteiger partial charge in [-0.2, -0.15) is 13.2 Å².